The first-order valence-electron chi connectivity index (χ1n) is 9.03. The molecule has 144 valence electrons. The van der Waals surface area contributed by atoms with Gasteiger partial charge in [0.25, 0.3) is 11.8 Å². The van der Waals surface area contributed by atoms with Gasteiger partial charge in [-0.05, 0) is 62.2 Å². The highest BCUT2D eigenvalue weighted by molar-refractivity contribution is 6.05. The minimum atomic E-state index is -0.182. The Kier molecular flexibility index (Phi) is 7.39. The van der Waals surface area contributed by atoms with E-state index in [0.717, 1.165) is 25.1 Å². The third-order valence-electron chi connectivity index (χ3n) is 4.89. The Morgan fingerprint density at radius 2 is 1.78 bits per heavy atom. The summed E-state index contributed by atoms with van der Waals surface area (Å²) in [6.07, 6.45) is 0.927. The molecule has 0 radical (unpaired) electrons. The Bertz CT molecular complexity index is 795. The molecule has 1 fully saturated rings. The molecule has 0 aliphatic carbocycles. The van der Waals surface area contributed by atoms with Gasteiger partial charge in [0.2, 0.25) is 0 Å². The van der Waals surface area contributed by atoms with Gasteiger partial charge in [0.05, 0.1) is 0 Å². The molecule has 2 unspecified atom stereocenters. The van der Waals surface area contributed by atoms with E-state index in [4.69, 9.17) is 0 Å². The number of carbonyl (C=O) groups excluding carboxylic acids is 2. The summed E-state index contributed by atoms with van der Waals surface area (Å²) in [5.74, 6) is 0.118. The summed E-state index contributed by atoms with van der Waals surface area (Å²) in [5.41, 5.74) is 2.72. The van der Waals surface area contributed by atoms with Crippen LogP contribution >= 0.6 is 12.4 Å². The van der Waals surface area contributed by atoms with Crippen LogP contribution in [0.1, 0.15) is 39.6 Å². The van der Waals surface area contributed by atoms with Crippen molar-refractivity contribution in [2.45, 2.75) is 26.3 Å². The largest absolute Gasteiger partial charge is 0.349 e. The second kappa shape index (κ2) is 9.53. The third kappa shape index (κ3) is 5.31. The number of hydrogen-bond acceptors (Lipinski definition) is 3. The highest BCUT2D eigenvalue weighted by atomic mass is 35.5. The molecule has 1 heterocycles. The maximum absolute atomic E-state index is 12.6. The fourth-order valence-corrected chi connectivity index (χ4v) is 3.16. The molecule has 2 aromatic rings. The van der Waals surface area contributed by atoms with Gasteiger partial charge in [0.1, 0.15) is 0 Å². The fraction of sp³-hybridized carbons (Fsp3) is 0.333. The van der Waals surface area contributed by atoms with Crippen LogP contribution in [0, 0.1) is 12.8 Å². The molecule has 3 N–H and O–H groups in total. The number of nitrogens with one attached hydrogen (secondary N) is 3. The lowest BCUT2D eigenvalue weighted by Gasteiger charge is -2.30. The van der Waals surface area contributed by atoms with Crippen molar-refractivity contribution in [3.63, 3.8) is 0 Å². The first kappa shape index (κ1) is 20.9. The molecule has 5 nitrogen and oxygen atoms in total. The Labute approximate surface area is 166 Å². The van der Waals surface area contributed by atoms with Crippen molar-refractivity contribution in [2.24, 2.45) is 5.92 Å². The van der Waals surface area contributed by atoms with E-state index in [0.29, 0.717) is 22.7 Å². The molecule has 27 heavy (non-hydrogen) atoms. The second-order valence-electron chi connectivity index (χ2n) is 6.90. The van der Waals surface area contributed by atoms with Crippen LogP contribution in [0.25, 0.3) is 0 Å². The summed E-state index contributed by atoms with van der Waals surface area (Å²) in [6, 6.07) is 14.6. The predicted molar refractivity (Wildman–Crippen MR) is 111 cm³/mol. The molecule has 0 saturated carbocycles. The normalized spacial score (nSPS) is 18.9. The van der Waals surface area contributed by atoms with Gasteiger partial charge in [-0.2, -0.15) is 0 Å². The van der Waals surface area contributed by atoms with E-state index >= 15 is 0 Å². The number of halogens is 1. The summed E-state index contributed by atoms with van der Waals surface area (Å²) in [7, 11) is 0. The van der Waals surface area contributed by atoms with Crippen molar-refractivity contribution in [1.82, 2.24) is 10.6 Å². The van der Waals surface area contributed by atoms with Crippen LogP contribution in [-0.2, 0) is 0 Å². The van der Waals surface area contributed by atoms with Crippen LogP contribution in [0.4, 0.5) is 5.69 Å². The predicted octanol–water partition coefficient (Wildman–Crippen LogP) is 3.40. The van der Waals surface area contributed by atoms with Crippen molar-refractivity contribution < 1.29 is 9.59 Å². The zero-order chi connectivity index (χ0) is 18.5. The fourth-order valence-electron chi connectivity index (χ4n) is 3.16. The van der Waals surface area contributed by atoms with Gasteiger partial charge in [-0.25, -0.2) is 0 Å². The number of piperidine rings is 1. The van der Waals surface area contributed by atoms with Crippen LogP contribution in [0.5, 0.6) is 0 Å². The lowest BCUT2D eigenvalue weighted by atomic mass is 9.95. The molecule has 1 aliphatic rings. The second-order valence-corrected chi connectivity index (χ2v) is 6.90. The molecule has 0 bridgehead atoms. The Hall–Kier alpha value is -2.37. The maximum Gasteiger partial charge on any atom is 0.255 e. The van der Waals surface area contributed by atoms with Gasteiger partial charge in [0, 0.05) is 22.9 Å². The number of amides is 2. The summed E-state index contributed by atoms with van der Waals surface area (Å²) in [6.45, 7) is 5.88. The lowest BCUT2D eigenvalue weighted by Crippen LogP contribution is -2.48. The SMILES string of the molecule is Cc1ccc(C(=O)NC2CCNCC2C)cc1NC(=O)c1ccccc1.Cl. The van der Waals surface area contributed by atoms with Gasteiger partial charge < -0.3 is 16.0 Å². The molecular formula is C21H26ClN3O2. The van der Waals surface area contributed by atoms with E-state index in [-0.39, 0.29) is 30.3 Å². The Balaban J connectivity index is 0.00000261. The molecule has 6 heteroatoms. The monoisotopic (exact) mass is 387 g/mol. The number of rotatable bonds is 4. The first-order chi connectivity index (χ1) is 12.5. The number of carbonyl (C=O) groups is 2. The Morgan fingerprint density at radius 3 is 2.48 bits per heavy atom. The lowest BCUT2D eigenvalue weighted by molar-refractivity contribution is 0.0913. The molecule has 2 aromatic carbocycles. The van der Waals surface area contributed by atoms with E-state index in [1.165, 1.54) is 0 Å². The summed E-state index contributed by atoms with van der Waals surface area (Å²) >= 11 is 0. The minimum Gasteiger partial charge on any atom is -0.349 e. The number of aryl methyl sites for hydroxylation is 1. The minimum absolute atomic E-state index is 0. The van der Waals surface area contributed by atoms with E-state index in [2.05, 4.69) is 22.9 Å². The zero-order valence-electron chi connectivity index (χ0n) is 15.6. The molecular weight excluding hydrogens is 362 g/mol. The van der Waals surface area contributed by atoms with E-state index < -0.39 is 0 Å². The third-order valence-corrected chi connectivity index (χ3v) is 4.89. The zero-order valence-corrected chi connectivity index (χ0v) is 16.4. The summed E-state index contributed by atoms with van der Waals surface area (Å²) < 4.78 is 0. The maximum atomic E-state index is 12.6. The van der Waals surface area contributed by atoms with Gasteiger partial charge in [-0.3, -0.25) is 9.59 Å². The van der Waals surface area contributed by atoms with Crippen LogP contribution in [-0.4, -0.2) is 30.9 Å². The van der Waals surface area contributed by atoms with Crippen molar-refractivity contribution >= 4 is 29.9 Å². The average Bonchev–Trinajstić information content (AvgIpc) is 2.66. The van der Waals surface area contributed by atoms with E-state index in [9.17, 15) is 9.59 Å². The molecule has 1 aliphatic heterocycles. The molecule has 0 spiro atoms. The van der Waals surface area contributed by atoms with Gasteiger partial charge in [-0.15, -0.1) is 12.4 Å². The van der Waals surface area contributed by atoms with Gasteiger partial charge in [0.15, 0.2) is 0 Å². The standard InChI is InChI=1S/C21H25N3O2.ClH/c1-14-8-9-17(21(26)23-18-10-11-22-13-15(18)2)12-19(14)24-20(25)16-6-4-3-5-7-16;/h3-9,12,15,18,22H,10-11,13H2,1-2H3,(H,23,26)(H,24,25);1H. The molecule has 2 amide bonds. The highest BCUT2D eigenvalue weighted by Crippen LogP contribution is 2.19. The Morgan fingerprint density at radius 1 is 1.04 bits per heavy atom. The average molecular weight is 388 g/mol. The first-order valence-corrected chi connectivity index (χ1v) is 9.03. The van der Waals surface area contributed by atoms with Crippen molar-refractivity contribution in [1.29, 1.82) is 0 Å². The highest BCUT2D eigenvalue weighted by Gasteiger charge is 2.23. The van der Waals surface area contributed by atoms with Crippen molar-refractivity contribution in [3.05, 3.63) is 65.2 Å². The molecule has 3 rings (SSSR count). The quantitative estimate of drug-likeness (QED) is 0.753. The van der Waals surface area contributed by atoms with Crippen LogP contribution in [0.15, 0.2) is 48.5 Å². The van der Waals surface area contributed by atoms with Crippen molar-refractivity contribution in [3.8, 4) is 0 Å². The van der Waals surface area contributed by atoms with E-state index in [1.807, 2.05) is 31.2 Å². The topological polar surface area (TPSA) is 70.2 Å². The number of anilines is 1. The summed E-state index contributed by atoms with van der Waals surface area (Å²) in [5, 5.41) is 9.36. The van der Waals surface area contributed by atoms with Crippen LogP contribution in [0.2, 0.25) is 0 Å². The van der Waals surface area contributed by atoms with E-state index in [1.54, 1.807) is 24.3 Å². The van der Waals surface area contributed by atoms with Crippen LogP contribution in [0.3, 0.4) is 0 Å². The van der Waals surface area contributed by atoms with Crippen LogP contribution < -0.4 is 16.0 Å². The molecule has 0 aromatic heterocycles. The van der Waals surface area contributed by atoms with Gasteiger partial charge >= 0.3 is 0 Å². The number of benzene rings is 2. The molecule has 2 atom stereocenters. The molecule has 1 saturated heterocycles. The smallest absolute Gasteiger partial charge is 0.255 e. The van der Waals surface area contributed by atoms with Gasteiger partial charge in [-0.1, -0.05) is 31.2 Å². The number of hydrogen-bond donors (Lipinski definition) is 3. The summed E-state index contributed by atoms with van der Waals surface area (Å²) in [4.78, 5) is 25.0. The van der Waals surface area contributed by atoms with Crippen molar-refractivity contribution in [2.75, 3.05) is 18.4 Å².